The summed E-state index contributed by atoms with van der Waals surface area (Å²) < 4.78 is 11.6. The van der Waals surface area contributed by atoms with Gasteiger partial charge in [0.05, 0.1) is 24.8 Å². The van der Waals surface area contributed by atoms with Crippen LogP contribution in [0.4, 0.5) is 0 Å². The molecule has 6 rings (SSSR count). The van der Waals surface area contributed by atoms with Gasteiger partial charge in [0.15, 0.2) is 0 Å². The Labute approximate surface area is 215 Å². The second kappa shape index (κ2) is 10.0. The summed E-state index contributed by atoms with van der Waals surface area (Å²) in [5, 5.41) is 6.34. The molecule has 0 atom stereocenters. The molecule has 3 saturated carbocycles. The predicted octanol–water partition coefficient (Wildman–Crippen LogP) is 3.99. The average Bonchev–Trinajstić information content (AvgIpc) is 3.85. The van der Waals surface area contributed by atoms with Crippen molar-refractivity contribution in [3.63, 3.8) is 0 Å². The highest BCUT2D eigenvalue weighted by Crippen LogP contribution is 2.38. The highest BCUT2D eigenvalue weighted by molar-refractivity contribution is 6.08. The normalized spacial score (nSPS) is 21.4. The van der Waals surface area contributed by atoms with Gasteiger partial charge in [-0.15, -0.1) is 0 Å². The van der Waals surface area contributed by atoms with E-state index < -0.39 is 0 Å². The largest absolute Gasteiger partial charge is 0.497 e. The van der Waals surface area contributed by atoms with Crippen LogP contribution >= 0.6 is 0 Å². The number of hydrogen-bond acceptors (Lipinski definition) is 6. The highest BCUT2D eigenvalue weighted by atomic mass is 16.5. The average molecular weight is 504 g/mol. The monoisotopic (exact) mass is 503 g/mol. The number of fused-ring (bicyclic) bond motifs is 1. The molecule has 3 aliphatic rings. The molecule has 3 aromatic rings. The van der Waals surface area contributed by atoms with Gasteiger partial charge in [0.1, 0.15) is 29.0 Å². The van der Waals surface area contributed by atoms with Crippen LogP contribution in [0.5, 0.6) is 11.5 Å². The number of aromatic nitrogens is 3. The fourth-order valence-electron chi connectivity index (χ4n) is 5.06. The summed E-state index contributed by atoms with van der Waals surface area (Å²) in [5.74, 6) is 2.30. The molecule has 1 aromatic carbocycles. The van der Waals surface area contributed by atoms with Gasteiger partial charge in [-0.1, -0.05) is 0 Å². The van der Waals surface area contributed by atoms with Gasteiger partial charge in [0.25, 0.3) is 5.91 Å². The number of nitrogens with zero attached hydrogens (tertiary/aromatic N) is 2. The molecule has 194 valence electrons. The molecule has 0 bridgehead atoms. The maximum atomic E-state index is 13.2. The number of amides is 2. The molecule has 3 N–H and O–H groups in total. The van der Waals surface area contributed by atoms with E-state index in [9.17, 15) is 9.59 Å². The maximum absolute atomic E-state index is 13.2. The molecule has 3 fully saturated rings. The van der Waals surface area contributed by atoms with E-state index in [1.165, 1.54) is 19.2 Å². The van der Waals surface area contributed by atoms with E-state index in [-0.39, 0.29) is 29.8 Å². The lowest BCUT2D eigenvalue weighted by atomic mass is 9.91. The summed E-state index contributed by atoms with van der Waals surface area (Å²) >= 11 is 0. The molecule has 9 nitrogen and oxygen atoms in total. The Hall–Kier alpha value is -3.62. The number of rotatable bonds is 9. The minimum absolute atomic E-state index is 0.0804. The van der Waals surface area contributed by atoms with Crippen LogP contribution in [0.3, 0.4) is 0 Å². The van der Waals surface area contributed by atoms with Crippen molar-refractivity contribution in [3.05, 3.63) is 36.3 Å². The van der Waals surface area contributed by atoms with E-state index in [4.69, 9.17) is 9.47 Å². The lowest BCUT2D eigenvalue weighted by Gasteiger charge is -2.29. The first kappa shape index (κ1) is 23.8. The zero-order valence-corrected chi connectivity index (χ0v) is 21.1. The van der Waals surface area contributed by atoms with E-state index in [2.05, 4.69) is 25.6 Å². The lowest BCUT2D eigenvalue weighted by molar-refractivity contribution is -0.123. The summed E-state index contributed by atoms with van der Waals surface area (Å²) in [7, 11) is 1.63. The fraction of sp³-hybridized carbons (Fsp3) is 0.500. The summed E-state index contributed by atoms with van der Waals surface area (Å²) in [6.45, 7) is 0.666. The molecule has 2 heterocycles. The van der Waals surface area contributed by atoms with E-state index in [1.54, 1.807) is 13.3 Å². The Morgan fingerprint density at radius 1 is 1.00 bits per heavy atom. The number of hydrogen-bond donors (Lipinski definition) is 3. The minimum Gasteiger partial charge on any atom is -0.497 e. The van der Waals surface area contributed by atoms with E-state index in [1.807, 2.05) is 18.2 Å². The van der Waals surface area contributed by atoms with Crippen LogP contribution in [0.25, 0.3) is 22.3 Å². The Morgan fingerprint density at radius 2 is 1.76 bits per heavy atom. The van der Waals surface area contributed by atoms with Gasteiger partial charge in [0.2, 0.25) is 5.91 Å². The van der Waals surface area contributed by atoms with Gasteiger partial charge in [-0.2, -0.15) is 0 Å². The van der Waals surface area contributed by atoms with E-state index in [0.717, 1.165) is 44.1 Å². The van der Waals surface area contributed by atoms with Crippen molar-refractivity contribution in [1.29, 1.82) is 0 Å². The zero-order chi connectivity index (χ0) is 25.4. The maximum Gasteiger partial charge on any atom is 0.255 e. The first-order valence-corrected chi connectivity index (χ1v) is 13.3. The highest BCUT2D eigenvalue weighted by Gasteiger charge is 2.32. The predicted molar refractivity (Wildman–Crippen MR) is 138 cm³/mol. The van der Waals surface area contributed by atoms with Gasteiger partial charge >= 0.3 is 0 Å². The summed E-state index contributed by atoms with van der Waals surface area (Å²) in [5.41, 5.74) is 3.29. The first-order chi connectivity index (χ1) is 18.1. The standard InChI is InChI=1S/C28H33N5O4/c1-36-20-10-11-21(23(12-20)37-14-16-2-3-16)24-26-25(31-15-30-24)22(13-29-26)28(35)33-19-8-6-18(7-9-19)32-27(34)17-4-5-17/h10-13,15-19,29H,2-9,14H2,1H3,(H,32,34)(H,33,35). The summed E-state index contributed by atoms with van der Waals surface area (Å²) in [4.78, 5) is 37.5. The second-order valence-electron chi connectivity index (χ2n) is 10.6. The number of carbonyl (C=O) groups excluding carboxylic acids is 2. The number of methoxy groups -OCH3 is 1. The molecular weight excluding hydrogens is 470 g/mol. The van der Waals surface area contributed by atoms with Crippen LogP contribution in [-0.2, 0) is 4.79 Å². The first-order valence-electron chi connectivity index (χ1n) is 13.3. The number of carbonyl (C=O) groups is 2. The molecule has 0 aliphatic heterocycles. The Balaban J connectivity index is 1.17. The topological polar surface area (TPSA) is 118 Å². The molecule has 0 radical (unpaired) electrons. The molecular formula is C28H33N5O4. The molecule has 3 aliphatic carbocycles. The number of H-pyrrole nitrogens is 1. The van der Waals surface area contributed by atoms with Gasteiger partial charge in [-0.25, -0.2) is 9.97 Å². The third-order valence-corrected chi connectivity index (χ3v) is 7.68. The minimum atomic E-state index is -0.152. The smallest absolute Gasteiger partial charge is 0.255 e. The van der Waals surface area contributed by atoms with Crippen molar-refractivity contribution >= 4 is 22.8 Å². The van der Waals surface area contributed by atoms with Crippen molar-refractivity contribution in [1.82, 2.24) is 25.6 Å². The van der Waals surface area contributed by atoms with Crippen LogP contribution in [0.2, 0.25) is 0 Å². The van der Waals surface area contributed by atoms with Gasteiger partial charge in [0, 0.05) is 35.8 Å². The molecule has 2 aromatic heterocycles. The molecule has 2 amide bonds. The molecule has 0 unspecified atom stereocenters. The number of ether oxygens (including phenoxy) is 2. The third kappa shape index (κ3) is 5.26. The molecule has 0 saturated heterocycles. The van der Waals surface area contributed by atoms with Crippen molar-refractivity contribution < 1.29 is 19.1 Å². The molecule has 9 heteroatoms. The fourth-order valence-corrected chi connectivity index (χ4v) is 5.06. The third-order valence-electron chi connectivity index (χ3n) is 7.68. The van der Waals surface area contributed by atoms with Crippen LogP contribution < -0.4 is 20.1 Å². The van der Waals surface area contributed by atoms with Crippen molar-refractivity contribution in [2.45, 2.75) is 63.5 Å². The Kier molecular flexibility index (Phi) is 6.44. The zero-order valence-electron chi connectivity index (χ0n) is 21.1. The number of nitrogens with one attached hydrogen (secondary N) is 3. The van der Waals surface area contributed by atoms with Gasteiger partial charge in [-0.3, -0.25) is 9.59 Å². The van der Waals surface area contributed by atoms with Crippen LogP contribution in [0.1, 0.15) is 61.7 Å². The molecule has 0 spiro atoms. The van der Waals surface area contributed by atoms with Crippen LogP contribution in [0.15, 0.2) is 30.7 Å². The van der Waals surface area contributed by atoms with Crippen molar-refractivity contribution in [2.24, 2.45) is 11.8 Å². The lowest BCUT2D eigenvalue weighted by Crippen LogP contribution is -2.44. The van der Waals surface area contributed by atoms with Crippen LogP contribution in [-0.4, -0.2) is 52.6 Å². The SMILES string of the molecule is COc1ccc(-c2ncnc3c(C(=O)NC4CCC(NC(=O)C5CC5)CC4)c[nH]c23)c(OCC2CC2)c1. The summed E-state index contributed by atoms with van der Waals surface area (Å²) in [6, 6.07) is 5.99. The van der Waals surface area contributed by atoms with E-state index in [0.29, 0.717) is 46.3 Å². The Morgan fingerprint density at radius 3 is 2.46 bits per heavy atom. The van der Waals surface area contributed by atoms with Gasteiger partial charge in [-0.05, 0) is 69.4 Å². The second-order valence-corrected chi connectivity index (χ2v) is 10.6. The molecule has 37 heavy (non-hydrogen) atoms. The Bertz CT molecular complexity index is 1310. The van der Waals surface area contributed by atoms with E-state index >= 15 is 0 Å². The van der Waals surface area contributed by atoms with Crippen molar-refractivity contribution in [2.75, 3.05) is 13.7 Å². The number of aromatic amines is 1. The quantitative estimate of drug-likeness (QED) is 0.406. The van der Waals surface area contributed by atoms with Crippen LogP contribution in [0, 0.1) is 11.8 Å². The number of benzene rings is 1. The summed E-state index contributed by atoms with van der Waals surface area (Å²) in [6.07, 6.45) is 11.1. The van der Waals surface area contributed by atoms with Crippen molar-refractivity contribution in [3.8, 4) is 22.8 Å². The van der Waals surface area contributed by atoms with Gasteiger partial charge < -0.3 is 25.1 Å².